The van der Waals surface area contributed by atoms with E-state index in [4.69, 9.17) is 4.74 Å². The molecule has 0 spiro atoms. The number of fused-ring (bicyclic) bond motifs is 1. The Balaban J connectivity index is 1.61. The fourth-order valence-corrected chi connectivity index (χ4v) is 4.28. The van der Waals surface area contributed by atoms with E-state index in [1.54, 1.807) is 23.0 Å². The molecule has 0 N–H and O–H groups in total. The van der Waals surface area contributed by atoms with Crippen LogP contribution in [0, 0.1) is 5.82 Å². The molecule has 8 heteroatoms. The highest BCUT2D eigenvalue weighted by Crippen LogP contribution is 2.19. The van der Waals surface area contributed by atoms with Crippen LogP contribution in [0.1, 0.15) is 30.9 Å². The zero-order valence-electron chi connectivity index (χ0n) is 20.7. The first-order valence-electron chi connectivity index (χ1n) is 12.2. The zero-order valence-corrected chi connectivity index (χ0v) is 20.7. The second kappa shape index (κ2) is 10.3. The summed E-state index contributed by atoms with van der Waals surface area (Å²) in [5.74, 6) is 0.676. The van der Waals surface area contributed by atoms with Gasteiger partial charge in [-0.3, -0.25) is 9.36 Å². The standard InChI is InChI=1S/C29H27FN4O3/c1-20(2)22-10-14-24(15-11-22)34-27-26(32(19-31-27)16-17-37-25-6-4-3-5-7-25)28(35)33(29(34)36)18-21-8-12-23(30)13-9-21/h3-15,19-20H,16-18H2,1-2H3. The summed E-state index contributed by atoms with van der Waals surface area (Å²) >= 11 is 0. The Morgan fingerprint density at radius 3 is 2.30 bits per heavy atom. The van der Waals surface area contributed by atoms with Gasteiger partial charge in [0.05, 0.1) is 25.1 Å². The highest BCUT2D eigenvalue weighted by atomic mass is 19.1. The predicted molar refractivity (Wildman–Crippen MR) is 141 cm³/mol. The van der Waals surface area contributed by atoms with Gasteiger partial charge in [-0.05, 0) is 53.4 Å². The first-order chi connectivity index (χ1) is 17.9. The monoisotopic (exact) mass is 498 g/mol. The second-order valence-corrected chi connectivity index (χ2v) is 9.15. The van der Waals surface area contributed by atoms with Crippen LogP contribution < -0.4 is 16.0 Å². The molecule has 0 atom stereocenters. The molecule has 188 valence electrons. The van der Waals surface area contributed by atoms with E-state index in [1.807, 2.05) is 54.6 Å². The van der Waals surface area contributed by atoms with Gasteiger partial charge in [-0.15, -0.1) is 0 Å². The van der Waals surface area contributed by atoms with E-state index in [1.165, 1.54) is 21.3 Å². The van der Waals surface area contributed by atoms with E-state index < -0.39 is 11.2 Å². The summed E-state index contributed by atoms with van der Waals surface area (Å²) in [4.78, 5) is 31.8. The van der Waals surface area contributed by atoms with Crippen LogP contribution in [0.15, 0.2) is 94.8 Å². The number of hydrogen-bond donors (Lipinski definition) is 0. The van der Waals surface area contributed by atoms with Crippen LogP contribution in [0.3, 0.4) is 0 Å². The third kappa shape index (κ3) is 4.95. The minimum absolute atomic E-state index is 0.00363. The zero-order chi connectivity index (χ0) is 25.9. The molecule has 0 aliphatic rings. The van der Waals surface area contributed by atoms with Gasteiger partial charge in [-0.1, -0.05) is 56.3 Å². The van der Waals surface area contributed by atoms with E-state index >= 15 is 0 Å². The Morgan fingerprint density at radius 1 is 0.919 bits per heavy atom. The Bertz CT molecular complexity index is 1630. The Labute approximate surface area is 213 Å². The quantitative estimate of drug-likeness (QED) is 0.310. The Morgan fingerprint density at radius 2 is 1.62 bits per heavy atom. The molecule has 0 bridgehead atoms. The van der Waals surface area contributed by atoms with Crippen molar-refractivity contribution in [2.45, 2.75) is 32.9 Å². The van der Waals surface area contributed by atoms with Gasteiger partial charge in [0.25, 0.3) is 5.56 Å². The Kier molecular flexibility index (Phi) is 6.72. The molecule has 7 nitrogen and oxygen atoms in total. The number of para-hydroxylation sites is 1. The summed E-state index contributed by atoms with van der Waals surface area (Å²) in [6, 6.07) is 22.8. The minimum Gasteiger partial charge on any atom is -0.492 e. The summed E-state index contributed by atoms with van der Waals surface area (Å²) in [7, 11) is 0. The molecular formula is C29H27FN4O3. The van der Waals surface area contributed by atoms with Gasteiger partial charge in [0, 0.05) is 0 Å². The van der Waals surface area contributed by atoms with Gasteiger partial charge >= 0.3 is 5.69 Å². The summed E-state index contributed by atoms with van der Waals surface area (Å²) < 4.78 is 23.6. The van der Waals surface area contributed by atoms with Crippen molar-refractivity contribution in [1.82, 2.24) is 18.7 Å². The van der Waals surface area contributed by atoms with Crippen molar-refractivity contribution >= 4 is 11.2 Å². The SMILES string of the molecule is CC(C)c1ccc(-n2c(=O)n(Cc3ccc(F)cc3)c(=O)c3c2ncn3CCOc2ccccc2)cc1. The summed E-state index contributed by atoms with van der Waals surface area (Å²) in [6.45, 7) is 4.88. The maximum absolute atomic E-state index is 13.7. The topological polar surface area (TPSA) is 71.0 Å². The molecule has 0 radical (unpaired) electrons. The fourth-order valence-electron chi connectivity index (χ4n) is 4.28. The predicted octanol–water partition coefficient (Wildman–Crippen LogP) is 4.74. The highest BCUT2D eigenvalue weighted by molar-refractivity contribution is 5.72. The van der Waals surface area contributed by atoms with Crippen LogP contribution in [0.5, 0.6) is 5.75 Å². The van der Waals surface area contributed by atoms with Gasteiger partial charge < -0.3 is 9.30 Å². The van der Waals surface area contributed by atoms with Gasteiger partial charge in [-0.25, -0.2) is 18.7 Å². The van der Waals surface area contributed by atoms with E-state index in [9.17, 15) is 14.0 Å². The first-order valence-corrected chi connectivity index (χ1v) is 12.2. The number of aromatic nitrogens is 4. The Hall–Kier alpha value is -4.46. The molecule has 0 saturated carbocycles. The van der Waals surface area contributed by atoms with Gasteiger partial charge in [0.15, 0.2) is 11.2 Å². The lowest BCUT2D eigenvalue weighted by Gasteiger charge is -2.14. The molecule has 3 aromatic carbocycles. The number of benzene rings is 3. The van der Waals surface area contributed by atoms with E-state index in [0.29, 0.717) is 35.8 Å². The summed E-state index contributed by atoms with van der Waals surface area (Å²) in [6.07, 6.45) is 1.56. The van der Waals surface area contributed by atoms with Crippen molar-refractivity contribution in [3.05, 3.63) is 123 Å². The van der Waals surface area contributed by atoms with Crippen molar-refractivity contribution in [3.8, 4) is 11.4 Å². The second-order valence-electron chi connectivity index (χ2n) is 9.15. The molecule has 5 rings (SSSR count). The molecule has 5 aromatic rings. The minimum atomic E-state index is -0.509. The lowest BCUT2D eigenvalue weighted by molar-refractivity contribution is 0.300. The van der Waals surface area contributed by atoms with Crippen molar-refractivity contribution < 1.29 is 9.13 Å². The number of imidazole rings is 1. The molecule has 0 unspecified atom stereocenters. The fraction of sp³-hybridized carbons (Fsp3) is 0.207. The smallest absolute Gasteiger partial charge is 0.337 e. The van der Waals surface area contributed by atoms with Crippen molar-refractivity contribution in [1.29, 1.82) is 0 Å². The molecule has 0 aliphatic heterocycles. The molecular weight excluding hydrogens is 471 g/mol. The van der Waals surface area contributed by atoms with Gasteiger partial charge in [0.1, 0.15) is 18.2 Å². The average Bonchev–Trinajstić information content (AvgIpc) is 3.32. The third-order valence-electron chi connectivity index (χ3n) is 6.32. The van der Waals surface area contributed by atoms with Crippen LogP contribution >= 0.6 is 0 Å². The largest absolute Gasteiger partial charge is 0.492 e. The summed E-state index contributed by atoms with van der Waals surface area (Å²) in [5, 5.41) is 0. The van der Waals surface area contributed by atoms with E-state index in [0.717, 1.165) is 11.3 Å². The van der Waals surface area contributed by atoms with Crippen molar-refractivity contribution in [3.63, 3.8) is 0 Å². The number of nitrogens with zero attached hydrogens (tertiary/aromatic N) is 4. The highest BCUT2D eigenvalue weighted by Gasteiger charge is 2.20. The molecule has 2 aromatic heterocycles. The molecule has 0 saturated heterocycles. The molecule has 0 fully saturated rings. The van der Waals surface area contributed by atoms with Gasteiger partial charge in [-0.2, -0.15) is 0 Å². The molecule has 37 heavy (non-hydrogen) atoms. The lowest BCUT2D eigenvalue weighted by atomic mass is 10.0. The average molecular weight is 499 g/mol. The molecule has 0 aliphatic carbocycles. The third-order valence-corrected chi connectivity index (χ3v) is 6.32. The normalized spacial score (nSPS) is 11.4. The molecule has 2 heterocycles. The summed E-state index contributed by atoms with van der Waals surface area (Å²) in [5.41, 5.74) is 1.99. The van der Waals surface area contributed by atoms with E-state index in [-0.39, 0.29) is 18.0 Å². The van der Waals surface area contributed by atoms with Crippen LogP contribution in [0.4, 0.5) is 4.39 Å². The maximum atomic E-state index is 13.7. The van der Waals surface area contributed by atoms with Crippen molar-refractivity contribution in [2.24, 2.45) is 0 Å². The number of ether oxygens (including phenoxy) is 1. The van der Waals surface area contributed by atoms with Crippen LogP contribution in [0.25, 0.3) is 16.9 Å². The van der Waals surface area contributed by atoms with Crippen LogP contribution in [0.2, 0.25) is 0 Å². The van der Waals surface area contributed by atoms with E-state index in [2.05, 4.69) is 18.8 Å². The number of hydrogen-bond acceptors (Lipinski definition) is 4. The number of rotatable bonds is 8. The number of halogens is 1. The van der Waals surface area contributed by atoms with Crippen LogP contribution in [-0.2, 0) is 13.1 Å². The molecule has 0 amide bonds. The van der Waals surface area contributed by atoms with Crippen molar-refractivity contribution in [2.75, 3.05) is 6.61 Å². The lowest BCUT2D eigenvalue weighted by Crippen LogP contribution is -2.40. The van der Waals surface area contributed by atoms with Crippen LogP contribution in [-0.4, -0.2) is 25.3 Å². The first kappa shape index (κ1) is 24.2. The maximum Gasteiger partial charge on any atom is 0.337 e. The van der Waals surface area contributed by atoms with Gasteiger partial charge in [0.2, 0.25) is 0 Å².